The first kappa shape index (κ1) is 14.4. The molecule has 0 aliphatic carbocycles. The Morgan fingerprint density at radius 3 is 2.70 bits per heavy atom. The van der Waals surface area contributed by atoms with E-state index in [0.29, 0.717) is 6.61 Å². The Balaban J connectivity index is 2.12. The second-order valence-electron chi connectivity index (χ2n) is 4.06. The first-order chi connectivity index (χ1) is 9.69. The lowest BCUT2D eigenvalue weighted by atomic mass is 10.2. The van der Waals surface area contributed by atoms with E-state index in [1.54, 1.807) is 6.20 Å². The van der Waals surface area contributed by atoms with Gasteiger partial charge in [0.05, 0.1) is 13.0 Å². The highest BCUT2D eigenvalue weighted by molar-refractivity contribution is 7.99. The highest BCUT2D eigenvalue weighted by Crippen LogP contribution is 2.32. The Labute approximate surface area is 121 Å². The third-order valence-corrected chi connectivity index (χ3v) is 3.54. The number of benzene rings is 1. The molecule has 0 aliphatic rings. The minimum atomic E-state index is -0.825. The Kier molecular flexibility index (Phi) is 5.01. The van der Waals surface area contributed by atoms with E-state index in [2.05, 4.69) is 4.98 Å². The summed E-state index contributed by atoms with van der Waals surface area (Å²) < 4.78 is 5.52. The van der Waals surface area contributed by atoms with Crippen LogP contribution in [0.3, 0.4) is 0 Å². The van der Waals surface area contributed by atoms with E-state index in [4.69, 9.17) is 9.84 Å². The van der Waals surface area contributed by atoms with Crippen LogP contribution in [0.2, 0.25) is 0 Å². The molecule has 0 bridgehead atoms. The summed E-state index contributed by atoms with van der Waals surface area (Å²) in [7, 11) is 0. The number of carbonyl (C=O) groups is 1. The molecule has 0 atom stereocenters. The second-order valence-corrected chi connectivity index (χ2v) is 5.12. The number of pyridine rings is 1. The maximum atomic E-state index is 10.6. The van der Waals surface area contributed by atoms with Gasteiger partial charge in [-0.25, -0.2) is 4.98 Å². The Morgan fingerprint density at radius 2 is 2.05 bits per heavy atom. The van der Waals surface area contributed by atoms with E-state index in [1.807, 2.05) is 43.3 Å². The molecule has 2 rings (SSSR count). The van der Waals surface area contributed by atoms with Crippen molar-refractivity contribution in [2.45, 2.75) is 23.3 Å². The Morgan fingerprint density at radius 1 is 1.30 bits per heavy atom. The van der Waals surface area contributed by atoms with E-state index in [9.17, 15) is 4.79 Å². The normalized spacial score (nSPS) is 10.2. The fourth-order valence-corrected chi connectivity index (χ4v) is 2.52. The molecule has 1 aromatic heterocycles. The quantitative estimate of drug-likeness (QED) is 0.884. The van der Waals surface area contributed by atoms with Gasteiger partial charge >= 0.3 is 5.97 Å². The van der Waals surface area contributed by atoms with Gasteiger partial charge in [0, 0.05) is 11.1 Å². The van der Waals surface area contributed by atoms with Crippen LogP contribution in [0.15, 0.2) is 52.5 Å². The highest BCUT2D eigenvalue weighted by atomic mass is 32.2. The fraction of sp³-hybridized carbons (Fsp3) is 0.200. The molecule has 1 N–H and O–H groups in total. The van der Waals surface area contributed by atoms with Gasteiger partial charge in [-0.3, -0.25) is 4.79 Å². The van der Waals surface area contributed by atoms with Crippen molar-refractivity contribution in [3.8, 4) is 5.75 Å². The van der Waals surface area contributed by atoms with Crippen LogP contribution in [0.5, 0.6) is 5.75 Å². The minimum absolute atomic E-state index is 0.0404. The van der Waals surface area contributed by atoms with Crippen LogP contribution >= 0.6 is 11.8 Å². The molecule has 0 aliphatic heterocycles. The number of carboxylic acid groups (broad SMARTS) is 1. The van der Waals surface area contributed by atoms with Gasteiger partial charge < -0.3 is 9.84 Å². The summed E-state index contributed by atoms with van der Waals surface area (Å²) in [5.41, 5.74) is 0.785. The molecular formula is C15H15NO3S. The predicted octanol–water partition coefficient (Wildman–Crippen LogP) is 3.26. The van der Waals surface area contributed by atoms with E-state index < -0.39 is 5.97 Å². The first-order valence-electron chi connectivity index (χ1n) is 6.25. The second kappa shape index (κ2) is 6.96. The van der Waals surface area contributed by atoms with E-state index in [-0.39, 0.29) is 6.42 Å². The van der Waals surface area contributed by atoms with Gasteiger partial charge in [0.15, 0.2) is 5.75 Å². The SMILES string of the molecule is CCOc1cccnc1Sc1ccc(CC(=O)O)cc1. The lowest BCUT2D eigenvalue weighted by Gasteiger charge is -2.08. The van der Waals surface area contributed by atoms with Gasteiger partial charge in [-0.15, -0.1) is 0 Å². The summed E-state index contributed by atoms with van der Waals surface area (Å²) in [5.74, 6) is -0.0663. The van der Waals surface area contributed by atoms with Crippen LogP contribution in [-0.4, -0.2) is 22.7 Å². The monoisotopic (exact) mass is 289 g/mol. The lowest BCUT2D eigenvalue weighted by molar-refractivity contribution is -0.136. The number of nitrogens with zero attached hydrogens (tertiary/aromatic N) is 1. The van der Waals surface area contributed by atoms with Crippen LogP contribution in [0.25, 0.3) is 0 Å². The van der Waals surface area contributed by atoms with Crippen molar-refractivity contribution in [3.63, 3.8) is 0 Å². The first-order valence-corrected chi connectivity index (χ1v) is 7.07. The molecule has 0 radical (unpaired) electrons. The van der Waals surface area contributed by atoms with Crippen molar-refractivity contribution >= 4 is 17.7 Å². The lowest BCUT2D eigenvalue weighted by Crippen LogP contribution is -1.99. The largest absolute Gasteiger partial charge is 0.491 e. The van der Waals surface area contributed by atoms with E-state index in [0.717, 1.165) is 21.2 Å². The van der Waals surface area contributed by atoms with E-state index >= 15 is 0 Å². The highest BCUT2D eigenvalue weighted by Gasteiger charge is 2.07. The molecular weight excluding hydrogens is 274 g/mol. The van der Waals surface area contributed by atoms with Crippen LogP contribution < -0.4 is 4.74 Å². The number of aromatic nitrogens is 1. The molecule has 104 valence electrons. The summed E-state index contributed by atoms with van der Waals surface area (Å²) in [5, 5.41) is 9.54. The third-order valence-electron chi connectivity index (χ3n) is 2.53. The zero-order valence-corrected chi connectivity index (χ0v) is 11.9. The Hall–Kier alpha value is -2.01. The number of hydrogen-bond acceptors (Lipinski definition) is 4. The van der Waals surface area contributed by atoms with E-state index in [1.165, 1.54) is 11.8 Å². The van der Waals surface area contributed by atoms with Crippen molar-refractivity contribution in [1.29, 1.82) is 0 Å². The molecule has 1 heterocycles. The van der Waals surface area contributed by atoms with Crippen molar-refractivity contribution in [2.24, 2.45) is 0 Å². The number of hydrogen-bond donors (Lipinski definition) is 1. The van der Waals surface area contributed by atoms with Gasteiger partial charge in [-0.1, -0.05) is 23.9 Å². The average molecular weight is 289 g/mol. The summed E-state index contributed by atoms with van der Waals surface area (Å²) in [6.45, 7) is 2.53. The smallest absolute Gasteiger partial charge is 0.307 e. The summed E-state index contributed by atoms with van der Waals surface area (Å²) >= 11 is 1.50. The topological polar surface area (TPSA) is 59.4 Å². The molecule has 0 saturated heterocycles. The fourth-order valence-electron chi connectivity index (χ4n) is 1.68. The van der Waals surface area contributed by atoms with Gasteiger partial charge in [0.25, 0.3) is 0 Å². The van der Waals surface area contributed by atoms with Crippen molar-refractivity contribution in [3.05, 3.63) is 48.2 Å². The number of carboxylic acids is 1. The molecule has 0 spiro atoms. The summed E-state index contributed by atoms with van der Waals surface area (Å²) in [6.07, 6.45) is 1.77. The molecule has 0 saturated carbocycles. The Bertz CT molecular complexity index is 584. The molecule has 5 heteroatoms. The molecule has 2 aromatic rings. The number of aliphatic carboxylic acids is 1. The van der Waals surface area contributed by atoms with Crippen molar-refractivity contribution < 1.29 is 14.6 Å². The zero-order chi connectivity index (χ0) is 14.4. The van der Waals surface area contributed by atoms with Gasteiger partial charge in [-0.05, 0) is 36.8 Å². The van der Waals surface area contributed by atoms with Gasteiger partial charge in [0.2, 0.25) is 0 Å². The molecule has 1 aromatic carbocycles. The predicted molar refractivity (Wildman–Crippen MR) is 77.3 cm³/mol. The van der Waals surface area contributed by atoms with Crippen LogP contribution in [0.1, 0.15) is 12.5 Å². The molecule has 4 nitrogen and oxygen atoms in total. The maximum absolute atomic E-state index is 10.6. The zero-order valence-electron chi connectivity index (χ0n) is 11.1. The molecule has 0 fully saturated rings. The van der Waals surface area contributed by atoms with Gasteiger partial charge in [0.1, 0.15) is 5.03 Å². The van der Waals surface area contributed by atoms with Crippen LogP contribution in [0.4, 0.5) is 0 Å². The van der Waals surface area contributed by atoms with Gasteiger partial charge in [-0.2, -0.15) is 0 Å². The van der Waals surface area contributed by atoms with Crippen LogP contribution in [0, 0.1) is 0 Å². The van der Waals surface area contributed by atoms with Crippen molar-refractivity contribution in [1.82, 2.24) is 4.98 Å². The number of rotatable bonds is 6. The van der Waals surface area contributed by atoms with Crippen molar-refractivity contribution in [2.75, 3.05) is 6.61 Å². The molecule has 20 heavy (non-hydrogen) atoms. The molecule has 0 amide bonds. The summed E-state index contributed by atoms with van der Waals surface area (Å²) in [4.78, 5) is 15.9. The summed E-state index contributed by atoms with van der Waals surface area (Å²) in [6, 6.07) is 11.2. The average Bonchev–Trinajstić information content (AvgIpc) is 2.43. The third kappa shape index (κ3) is 3.99. The number of ether oxygens (including phenoxy) is 1. The maximum Gasteiger partial charge on any atom is 0.307 e. The molecule has 0 unspecified atom stereocenters. The standard InChI is InChI=1S/C15H15NO3S/c1-2-19-13-4-3-9-16-15(13)20-12-7-5-11(6-8-12)10-14(17)18/h3-9H,2,10H2,1H3,(H,17,18). The minimum Gasteiger partial charge on any atom is -0.491 e. The van der Waals surface area contributed by atoms with Crippen LogP contribution in [-0.2, 0) is 11.2 Å².